The number of phenolic OH excluding ortho intramolecular Hbond substituents is 1. The molecule has 0 saturated heterocycles. The molecular weight excluding hydrogens is 159 g/mol. The number of aromatic hydroxyl groups is 1. The van der Waals surface area contributed by atoms with Crippen LogP contribution in [-0.4, -0.2) is 11.7 Å². The third-order valence-corrected chi connectivity index (χ3v) is 2.01. The Kier molecular flexibility index (Phi) is 1.64. The van der Waals surface area contributed by atoms with E-state index >= 15 is 0 Å². The molecule has 0 spiro atoms. The maximum absolute atomic E-state index is 13.0. The quantitative estimate of drug-likeness (QED) is 0.640. The molecule has 1 heterocycles. The number of halogens is 1. The first-order valence-electron chi connectivity index (χ1n) is 3.92. The zero-order valence-electron chi connectivity index (χ0n) is 6.51. The molecule has 0 amide bonds. The number of ether oxygens (including phenoxy) is 1. The molecule has 0 saturated carbocycles. The first-order chi connectivity index (χ1) is 5.79. The Bertz CT molecular complexity index is 279. The Balaban J connectivity index is 2.57. The van der Waals surface area contributed by atoms with Crippen molar-refractivity contribution in [3.63, 3.8) is 0 Å². The third kappa shape index (κ3) is 1.02. The fourth-order valence-corrected chi connectivity index (χ4v) is 1.41. The van der Waals surface area contributed by atoms with Gasteiger partial charge in [0.05, 0.1) is 6.61 Å². The molecule has 3 heteroatoms. The molecule has 1 aromatic carbocycles. The van der Waals surface area contributed by atoms with Crippen molar-refractivity contribution in [1.82, 2.24) is 0 Å². The summed E-state index contributed by atoms with van der Waals surface area (Å²) in [6.45, 7) is 0.535. The minimum absolute atomic E-state index is 0.131. The summed E-state index contributed by atoms with van der Waals surface area (Å²) in [5.41, 5.74) is 0.598. The highest BCUT2D eigenvalue weighted by Gasteiger charge is 2.17. The van der Waals surface area contributed by atoms with E-state index in [2.05, 4.69) is 0 Å². The number of rotatable bonds is 0. The molecule has 0 fully saturated rings. The lowest BCUT2D eigenvalue weighted by molar-refractivity contribution is 0.269. The fraction of sp³-hybridized carbons (Fsp3) is 0.333. The Labute approximate surface area is 69.6 Å². The van der Waals surface area contributed by atoms with Gasteiger partial charge in [0.15, 0.2) is 11.6 Å². The predicted molar refractivity (Wildman–Crippen MR) is 41.9 cm³/mol. The number of benzene rings is 1. The predicted octanol–water partition coefficient (Wildman–Crippen LogP) is 1.86. The molecule has 2 rings (SSSR count). The number of hydrogen-bond acceptors (Lipinski definition) is 2. The molecule has 0 aliphatic carbocycles. The van der Waals surface area contributed by atoms with Gasteiger partial charge in [0, 0.05) is 5.56 Å². The van der Waals surface area contributed by atoms with Crippen LogP contribution in [0.2, 0.25) is 0 Å². The minimum atomic E-state index is -0.387. The van der Waals surface area contributed by atoms with Gasteiger partial charge < -0.3 is 9.84 Å². The summed E-state index contributed by atoms with van der Waals surface area (Å²) in [4.78, 5) is 0. The summed E-state index contributed by atoms with van der Waals surface area (Å²) in [5.74, 6) is -0.0325. The summed E-state index contributed by atoms with van der Waals surface area (Å²) in [6, 6.07) is 2.59. The maximum Gasteiger partial charge on any atom is 0.165 e. The molecule has 1 aliphatic heterocycles. The molecular formula is C9H9FO2. The Morgan fingerprint density at radius 2 is 2.25 bits per heavy atom. The van der Waals surface area contributed by atoms with Crippen molar-refractivity contribution in [2.45, 2.75) is 12.8 Å². The average molecular weight is 168 g/mol. The van der Waals surface area contributed by atoms with Gasteiger partial charge in [-0.2, -0.15) is 0 Å². The normalized spacial score (nSPS) is 15.1. The summed E-state index contributed by atoms with van der Waals surface area (Å²) in [5, 5.41) is 9.33. The van der Waals surface area contributed by atoms with Crippen LogP contribution in [0, 0.1) is 5.82 Å². The lowest BCUT2D eigenvalue weighted by Crippen LogP contribution is -2.09. The van der Waals surface area contributed by atoms with Crippen molar-refractivity contribution in [3.05, 3.63) is 23.5 Å². The van der Waals surface area contributed by atoms with Gasteiger partial charge in [0.1, 0.15) is 5.75 Å². The second kappa shape index (κ2) is 2.66. The molecule has 1 aliphatic rings. The van der Waals surface area contributed by atoms with E-state index in [9.17, 15) is 9.50 Å². The van der Waals surface area contributed by atoms with Gasteiger partial charge in [-0.15, -0.1) is 0 Å². The lowest BCUT2D eigenvalue weighted by Gasteiger charge is -2.18. The first-order valence-corrected chi connectivity index (χ1v) is 3.92. The van der Waals surface area contributed by atoms with Gasteiger partial charge in [0.25, 0.3) is 0 Å². The Morgan fingerprint density at radius 3 is 3.00 bits per heavy atom. The monoisotopic (exact) mass is 168 g/mol. The molecule has 0 bridgehead atoms. The summed E-state index contributed by atoms with van der Waals surface area (Å²) in [7, 11) is 0. The zero-order valence-corrected chi connectivity index (χ0v) is 6.51. The fourth-order valence-electron chi connectivity index (χ4n) is 1.41. The first kappa shape index (κ1) is 7.40. The summed E-state index contributed by atoms with van der Waals surface area (Å²) >= 11 is 0. The van der Waals surface area contributed by atoms with E-state index in [1.165, 1.54) is 12.1 Å². The van der Waals surface area contributed by atoms with Gasteiger partial charge >= 0.3 is 0 Å². The van der Waals surface area contributed by atoms with Crippen LogP contribution in [0.5, 0.6) is 11.5 Å². The van der Waals surface area contributed by atoms with Gasteiger partial charge in [-0.25, -0.2) is 4.39 Å². The van der Waals surface area contributed by atoms with Gasteiger partial charge in [-0.3, -0.25) is 0 Å². The second-order valence-electron chi connectivity index (χ2n) is 2.83. The Morgan fingerprint density at radius 1 is 1.42 bits per heavy atom. The summed E-state index contributed by atoms with van der Waals surface area (Å²) < 4.78 is 18.1. The van der Waals surface area contributed by atoms with Gasteiger partial charge in [0.2, 0.25) is 0 Å². The topological polar surface area (TPSA) is 29.5 Å². The van der Waals surface area contributed by atoms with Gasteiger partial charge in [-0.1, -0.05) is 0 Å². The van der Waals surface area contributed by atoms with Crippen LogP contribution in [0.15, 0.2) is 12.1 Å². The van der Waals surface area contributed by atoms with Crippen LogP contribution in [0.4, 0.5) is 4.39 Å². The van der Waals surface area contributed by atoms with E-state index in [0.717, 1.165) is 6.42 Å². The SMILES string of the molecule is Oc1ccc(F)c2c1CCCO2. The van der Waals surface area contributed by atoms with Crippen LogP contribution in [0.25, 0.3) is 0 Å². The van der Waals surface area contributed by atoms with Crippen molar-refractivity contribution in [3.8, 4) is 11.5 Å². The highest BCUT2D eigenvalue weighted by molar-refractivity contribution is 5.45. The molecule has 1 N–H and O–H groups in total. The van der Waals surface area contributed by atoms with Crippen LogP contribution in [-0.2, 0) is 6.42 Å². The molecule has 64 valence electrons. The van der Waals surface area contributed by atoms with Crippen molar-refractivity contribution < 1.29 is 14.2 Å². The van der Waals surface area contributed by atoms with E-state index in [1.54, 1.807) is 0 Å². The van der Waals surface area contributed by atoms with E-state index in [1.807, 2.05) is 0 Å². The molecule has 0 radical (unpaired) electrons. The van der Waals surface area contributed by atoms with E-state index < -0.39 is 0 Å². The molecule has 12 heavy (non-hydrogen) atoms. The average Bonchev–Trinajstić information content (AvgIpc) is 2.12. The molecule has 0 unspecified atom stereocenters. The van der Waals surface area contributed by atoms with Crippen LogP contribution < -0.4 is 4.74 Å². The highest BCUT2D eigenvalue weighted by atomic mass is 19.1. The largest absolute Gasteiger partial charge is 0.508 e. The standard InChI is InChI=1S/C9H9FO2/c10-7-3-4-8(11)6-2-1-5-12-9(6)7/h3-4,11H,1-2,5H2. The Hall–Kier alpha value is -1.25. The van der Waals surface area contributed by atoms with Crippen molar-refractivity contribution >= 4 is 0 Å². The molecule has 2 nitrogen and oxygen atoms in total. The zero-order chi connectivity index (χ0) is 8.55. The maximum atomic E-state index is 13.0. The van der Waals surface area contributed by atoms with Crippen LogP contribution in [0.1, 0.15) is 12.0 Å². The third-order valence-electron chi connectivity index (χ3n) is 2.01. The van der Waals surface area contributed by atoms with Crippen molar-refractivity contribution in [2.75, 3.05) is 6.61 Å². The van der Waals surface area contributed by atoms with E-state index in [4.69, 9.17) is 4.74 Å². The number of phenols is 1. The van der Waals surface area contributed by atoms with E-state index in [0.29, 0.717) is 18.6 Å². The molecule has 1 aromatic rings. The molecule has 0 aromatic heterocycles. The highest BCUT2D eigenvalue weighted by Crippen LogP contribution is 2.34. The van der Waals surface area contributed by atoms with Crippen LogP contribution in [0.3, 0.4) is 0 Å². The number of fused-ring (bicyclic) bond motifs is 1. The van der Waals surface area contributed by atoms with Crippen LogP contribution >= 0.6 is 0 Å². The summed E-state index contributed by atoms with van der Waals surface area (Å²) in [6.07, 6.45) is 1.53. The smallest absolute Gasteiger partial charge is 0.165 e. The molecule has 0 atom stereocenters. The lowest BCUT2D eigenvalue weighted by atomic mass is 10.1. The van der Waals surface area contributed by atoms with Gasteiger partial charge in [-0.05, 0) is 25.0 Å². The van der Waals surface area contributed by atoms with Crippen molar-refractivity contribution in [2.24, 2.45) is 0 Å². The minimum Gasteiger partial charge on any atom is -0.508 e. The van der Waals surface area contributed by atoms with Crippen molar-refractivity contribution in [1.29, 1.82) is 0 Å². The second-order valence-corrected chi connectivity index (χ2v) is 2.83. The van der Waals surface area contributed by atoms with E-state index in [-0.39, 0.29) is 17.3 Å². The number of hydrogen-bond donors (Lipinski definition) is 1.